The van der Waals surface area contributed by atoms with Crippen LogP contribution in [0.1, 0.15) is 38.7 Å². The number of hydrogen-bond donors (Lipinski definition) is 0. The van der Waals surface area contributed by atoms with E-state index in [4.69, 9.17) is 4.74 Å². The second kappa shape index (κ2) is 4.96. The van der Waals surface area contributed by atoms with Gasteiger partial charge in [-0.15, -0.1) is 0 Å². The summed E-state index contributed by atoms with van der Waals surface area (Å²) in [7, 11) is 0. The van der Waals surface area contributed by atoms with Gasteiger partial charge in [0, 0.05) is 0 Å². The number of hydrogen-bond acceptors (Lipinski definition) is 2. The fourth-order valence-electron chi connectivity index (χ4n) is 2.10. The lowest BCUT2D eigenvalue weighted by Crippen LogP contribution is -2.24. The fraction of sp³-hybridized carbons (Fsp3) is 0.500. The lowest BCUT2D eigenvalue weighted by molar-refractivity contribution is 0.139. The van der Waals surface area contributed by atoms with Crippen LogP contribution in [0.4, 0.5) is 14.9 Å². The molecule has 98 valence electrons. The van der Waals surface area contributed by atoms with E-state index >= 15 is 0 Å². The van der Waals surface area contributed by atoms with E-state index in [9.17, 15) is 9.18 Å². The highest BCUT2D eigenvalue weighted by Gasteiger charge is 2.31. The molecule has 0 bridgehead atoms. The highest BCUT2D eigenvalue weighted by atomic mass is 19.1. The monoisotopic (exact) mass is 251 g/mol. The van der Waals surface area contributed by atoms with Gasteiger partial charge in [-0.3, -0.25) is 4.90 Å². The standard InChI is InChI=1S/C14H18FNO2/c1-4-11-8-16(14(17)18-11)10-5-6-12(9(2)3)13(15)7-10/h5-7,9,11H,4,8H2,1-3H3. The Morgan fingerprint density at radius 2 is 2.22 bits per heavy atom. The summed E-state index contributed by atoms with van der Waals surface area (Å²) in [5, 5.41) is 0. The van der Waals surface area contributed by atoms with Crippen LogP contribution in [0.5, 0.6) is 0 Å². The molecule has 0 N–H and O–H groups in total. The quantitative estimate of drug-likeness (QED) is 0.820. The summed E-state index contributed by atoms with van der Waals surface area (Å²) in [4.78, 5) is 13.1. The molecule has 0 aliphatic carbocycles. The Morgan fingerprint density at radius 1 is 1.50 bits per heavy atom. The van der Waals surface area contributed by atoms with Crippen LogP contribution >= 0.6 is 0 Å². The van der Waals surface area contributed by atoms with Crippen molar-refractivity contribution in [2.24, 2.45) is 0 Å². The van der Waals surface area contributed by atoms with Crippen molar-refractivity contribution in [3.8, 4) is 0 Å². The maximum atomic E-state index is 13.9. The van der Waals surface area contributed by atoms with Crippen LogP contribution < -0.4 is 4.90 Å². The summed E-state index contributed by atoms with van der Waals surface area (Å²) in [6, 6.07) is 4.92. The molecule has 3 nitrogen and oxygen atoms in total. The molecule has 0 aromatic heterocycles. The van der Waals surface area contributed by atoms with Crippen molar-refractivity contribution in [2.75, 3.05) is 11.4 Å². The van der Waals surface area contributed by atoms with Gasteiger partial charge in [-0.25, -0.2) is 9.18 Å². The highest BCUT2D eigenvalue weighted by molar-refractivity contribution is 5.89. The number of nitrogens with zero attached hydrogens (tertiary/aromatic N) is 1. The van der Waals surface area contributed by atoms with Crippen LogP contribution in [0.25, 0.3) is 0 Å². The lowest BCUT2D eigenvalue weighted by Gasteiger charge is -2.15. The Hall–Kier alpha value is -1.58. The van der Waals surface area contributed by atoms with Gasteiger partial charge in [0.15, 0.2) is 0 Å². The maximum Gasteiger partial charge on any atom is 0.414 e. The summed E-state index contributed by atoms with van der Waals surface area (Å²) < 4.78 is 19.0. The molecular weight excluding hydrogens is 233 g/mol. The van der Waals surface area contributed by atoms with Crippen LogP contribution in [0.2, 0.25) is 0 Å². The number of amides is 1. The van der Waals surface area contributed by atoms with E-state index in [1.165, 1.54) is 11.0 Å². The number of anilines is 1. The van der Waals surface area contributed by atoms with E-state index in [1.807, 2.05) is 20.8 Å². The minimum atomic E-state index is -0.390. The molecule has 1 saturated heterocycles. The zero-order valence-corrected chi connectivity index (χ0v) is 10.9. The zero-order chi connectivity index (χ0) is 13.3. The van der Waals surface area contributed by atoms with Gasteiger partial charge in [-0.1, -0.05) is 26.8 Å². The van der Waals surface area contributed by atoms with Crippen molar-refractivity contribution in [1.29, 1.82) is 0 Å². The van der Waals surface area contributed by atoms with E-state index in [2.05, 4.69) is 0 Å². The number of benzene rings is 1. The van der Waals surface area contributed by atoms with Crippen molar-refractivity contribution >= 4 is 11.8 Å². The van der Waals surface area contributed by atoms with Crippen molar-refractivity contribution in [3.05, 3.63) is 29.6 Å². The van der Waals surface area contributed by atoms with Gasteiger partial charge in [0.2, 0.25) is 0 Å². The first-order valence-corrected chi connectivity index (χ1v) is 6.30. The third kappa shape index (κ3) is 2.33. The first-order valence-electron chi connectivity index (χ1n) is 6.30. The van der Waals surface area contributed by atoms with Crippen LogP contribution in [0.3, 0.4) is 0 Å². The molecule has 1 unspecified atom stereocenters. The molecule has 1 fully saturated rings. The first kappa shape index (κ1) is 12.9. The van der Waals surface area contributed by atoms with E-state index in [1.54, 1.807) is 12.1 Å². The van der Waals surface area contributed by atoms with Crippen molar-refractivity contribution in [2.45, 2.75) is 39.2 Å². The minimum absolute atomic E-state index is 0.0923. The molecule has 1 aliphatic heterocycles. The maximum absolute atomic E-state index is 13.9. The van der Waals surface area contributed by atoms with Gasteiger partial charge in [-0.05, 0) is 30.0 Å². The molecule has 4 heteroatoms. The first-order chi connectivity index (χ1) is 8.52. The van der Waals surface area contributed by atoms with Crippen molar-refractivity contribution in [1.82, 2.24) is 0 Å². The number of rotatable bonds is 3. The van der Waals surface area contributed by atoms with Crippen LogP contribution in [-0.4, -0.2) is 18.7 Å². The summed E-state index contributed by atoms with van der Waals surface area (Å²) in [5.41, 5.74) is 1.23. The van der Waals surface area contributed by atoms with Gasteiger partial charge in [0.05, 0.1) is 12.2 Å². The largest absolute Gasteiger partial charge is 0.444 e. The molecule has 1 aliphatic rings. The molecule has 0 spiro atoms. The Kier molecular flexibility index (Phi) is 3.55. The van der Waals surface area contributed by atoms with E-state index in [0.717, 1.165) is 6.42 Å². The number of cyclic esters (lactones) is 1. The summed E-state index contributed by atoms with van der Waals surface area (Å²) in [6.07, 6.45) is 0.290. The molecule has 1 heterocycles. The second-order valence-electron chi connectivity index (χ2n) is 4.89. The van der Waals surface area contributed by atoms with Crippen LogP contribution in [-0.2, 0) is 4.74 Å². The molecule has 1 aromatic carbocycles. The van der Waals surface area contributed by atoms with Gasteiger partial charge in [-0.2, -0.15) is 0 Å². The van der Waals surface area contributed by atoms with E-state index in [0.29, 0.717) is 17.8 Å². The molecule has 0 saturated carbocycles. The van der Waals surface area contributed by atoms with Gasteiger partial charge < -0.3 is 4.74 Å². The van der Waals surface area contributed by atoms with E-state index in [-0.39, 0.29) is 17.8 Å². The third-order valence-corrected chi connectivity index (χ3v) is 3.25. The summed E-state index contributed by atoms with van der Waals surface area (Å²) in [6.45, 7) is 6.34. The zero-order valence-electron chi connectivity index (χ0n) is 10.9. The lowest BCUT2D eigenvalue weighted by atomic mass is 10.0. The smallest absolute Gasteiger partial charge is 0.414 e. The second-order valence-corrected chi connectivity index (χ2v) is 4.89. The number of carbonyl (C=O) groups excluding carboxylic acids is 1. The Labute approximate surface area is 107 Å². The Bertz CT molecular complexity index is 459. The number of carbonyl (C=O) groups is 1. The van der Waals surface area contributed by atoms with Crippen molar-refractivity contribution in [3.63, 3.8) is 0 Å². The third-order valence-electron chi connectivity index (χ3n) is 3.25. The molecule has 1 atom stereocenters. The molecule has 18 heavy (non-hydrogen) atoms. The average molecular weight is 251 g/mol. The summed E-state index contributed by atoms with van der Waals surface area (Å²) >= 11 is 0. The van der Waals surface area contributed by atoms with Gasteiger partial charge in [0.1, 0.15) is 11.9 Å². The number of halogens is 1. The predicted molar refractivity (Wildman–Crippen MR) is 68.4 cm³/mol. The summed E-state index contributed by atoms with van der Waals surface area (Å²) in [5.74, 6) is -0.136. The van der Waals surface area contributed by atoms with E-state index < -0.39 is 6.09 Å². The van der Waals surface area contributed by atoms with Crippen molar-refractivity contribution < 1.29 is 13.9 Å². The van der Waals surface area contributed by atoms with Crippen LogP contribution in [0, 0.1) is 5.82 Å². The normalized spacial score (nSPS) is 19.5. The van der Waals surface area contributed by atoms with Gasteiger partial charge in [0.25, 0.3) is 0 Å². The molecular formula is C14H18FNO2. The predicted octanol–water partition coefficient (Wildman–Crippen LogP) is 3.68. The SMILES string of the molecule is CCC1CN(c2ccc(C(C)C)c(F)c2)C(=O)O1. The molecule has 0 radical (unpaired) electrons. The average Bonchev–Trinajstić information content (AvgIpc) is 2.70. The molecule has 2 rings (SSSR count). The Morgan fingerprint density at radius 3 is 2.72 bits per heavy atom. The fourth-order valence-corrected chi connectivity index (χ4v) is 2.10. The van der Waals surface area contributed by atoms with Gasteiger partial charge >= 0.3 is 6.09 Å². The highest BCUT2D eigenvalue weighted by Crippen LogP contribution is 2.27. The molecule has 1 amide bonds. The number of ether oxygens (including phenoxy) is 1. The minimum Gasteiger partial charge on any atom is -0.444 e. The Balaban J connectivity index is 2.25. The molecule has 1 aromatic rings. The van der Waals surface area contributed by atoms with Crippen LogP contribution in [0.15, 0.2) is 18.2 Å². The topological polar surface area (TPSA) is 29.5 Å².